The molecule has 5 nitrogen and oxygen atoms in total. The third-order valence-corrected chi connectivity index (χ3v) is 8.30. The lowest BCUT2D eigenvalue weighted by molar-refractivity contribution is 0.183. The van der Waals surface area contributed by atoms with Gasteiger partial charge in [0.2, 0.25) is 0 Å². The molecule has 28 heavy (non-hydrogen) atoms. The molecule has 0 rings (SSSR count). The van der Waals surface area contributed by atoms with Gasteiger partial charge in [-0.2, -0.15) is 0 Å². The molecule has 0 bridgehead atoms. The molecule has 0 aromatic heterocycles. The zero-order valence-electron chi connectivity index (χ0n) is 20.3. The summed E-state index contributed by atoms with van der Waals surface area (Å²) < 4.78 is 12.0. The van der Waals surface area contributed by atoms with Crippen LogP contribution in [0.2, 0.25) is 12.6 Å². The van der Waals surface area contributed by atoms with E-state index in [0.29, 0.717) is 0 Å². The predicted octanol–water partition coefficient (Wildman–Crippen LogP) is 4.29. The first-order valence-electron chi connectivity index (χ1n) is 11.8. The van der Waals surface area contributed by atoms with E-state index < -0.39 is 8.56 Å². The summed E-state index contributed by atoms with van der Waals surface area (Å²) in [6, 6.07) is 1.09. The van der Waals surface area contributed by atoms with Crippen molar-refractivity contribution < 1.29 is 8.85 Å². The molecule has 0 N–H and O–H groups in total. The summed E-state index contributed by atoms with van der Waals surface area (Å²) in [7, 11) is 2.51. The van der Waals surface area contributed by atoms with Crippen LogP contribution in [0.3, 0.4) is 0 Å². The third-order valence-electron chi connectivity index (χ3n) is 5.24. The standard InChI is InChI=1S/C22H51N3O2Si/c1-8-15-23(5)17-12-19-25(20-13-18-24(6)16-9-2)21-14-22-28(7,26-10-3)27-11-4/h8-22H2,1-7H3. The predicted molar refractivity (Wildman–Crippen MR) is 126 cm³/mol. The highest BCUT2D eigenvalue weighted by Gasteiger charge is 2.30. The van der Waals surface area contributed by atoms with E-state index in [1.54, 1.807) is 0 Å². The fourth-order valence-electron chi connectivity index (χ4n) is 3.87. The summed E-state index contributed by atoms with van der Waals surface area (Å²) in [5.74, 6) is 0. The van der Waals surface area contributed by atoms with Gasteiger partial charge in [0.05, 0.1) is 0 Å². The van der Waals surface area contributed by atoms with E-state index in [4.69, 9.17) is 8.85 Å². The summed E-state index contributed by atoms with van der Waals surface area (Å²) in [6.45, 7) is 20.8. The quantitative estimate of drug-likeness (QED) is 0.276. The van der Waals surface area contributed by atoms with Crippen LogP contribution in [0, 0.1) is 0 Å². The van der Waals surface area contributed by atoms with E-state index in [1.165, 1.54) is 71.4 Å². The van der Waals surface area contributed by atoms with Crippen molar-refractivity contribution in [1.82, 2.24) is 14.7 Å². The Kier molecular flexibility index (Phi) is 17.9. The molecule has 0 aromatic carbocycles. The molecule has 0 fully saturated rings. The molecule has 0 saturated carbocycles. The van der Waals surface area contributed by atoms with E-state index in [9.17, 15) is 0 Å². The van der Waals surface area contributed by atoms with Crippen molar-refractivity contribution in [3.05, 3.63) is 0 Å². The molecule has 0 unspecified atom stereocenters. The Balaban J connectivity index is 4.43. The minimum absolute atomic E-state index is 0.764. The molecule has 0 heterocycles. The second kappa shape index (κ2) is 17.8. The molecule has 0 atom stereocenters. The van der Waals surface area contributed by atoms with Gasteiger partial charge in [-0.3, -0.25) is 0 Å². The van der Waals surface area contributed by atoms with E-state index in [-0.39, 0.29) is 0 Å². The van der Waals surface area contributed by atoms with E-state index in [0.717, 1.165) is 25.8 Å². The molecule has 170 valence electrons. The Hall–Kier alpha value is 0.0169. The zero-order valence-corrected chi connectivity index (χ0v) is 21.3. The maximum Gasteiger partial charge on any atom is 0.334 e. The van der Waals surface area contributed by atoms with Crippen LogP contribution in [0.5, 0.6) is 0 Å². The average Bonchev–Trinajstić information content (AvgIpc) is 2.62. The maximum absolute atomic E-state index is 6.02. The van der Waals surface area contributed by atoms with E-state index in [1.807, 2.05) is 0 Å². The Morgan fingerprint density at radius 3 is 1.43 bits per heavy atom. The molecule has 0 saturated heterocycles. The van der Waals surface area contributed by atoms with Gasteiger partial charge in [0.25, 0.3) is 0 Å². The van der Waals surface area contributed by atoms with Crippen molar-refractivity contribution in [3.8, 4) is 0 Å². The molecule has 6 heteroatoms. The van der Waals surface area contributed by atoms with Crippen LogP contribution in [-0.2, 0) is 8.85 Å². The SMILES string of the molecule is CCCN(C)CCCN(CCCN(C)CCC)CCC[Si](C)(OCC)OCC. The van der Waals surface area contributed by atoms with Gasteiger partial charge in [-0.1, -0.05) is 13.8 Å². The minimum Gasteiger partial charge on any atom is -0.395 e. The summed E-state index contributed by atoms with van der Waals surface area (Å²) >= 11 is 0. The smallest absolute Gasteiger partial charge is 0.334 e. The van der Waals surface area contributed by atoms with Crippen molar-refractivity contribution in [2.45, 2.75) is 72.4 Å². The van der Waals surface area contributed by atoms with Crippen molar-refractivity contribution >= 4 is 8.56 Å². The minimum atomic E-state index is -1.98. The van der Waals surface area contributed by atoms with Gasteiger partial charge in [-0.25, -0.2) is 0 Å². The fraction of sp³-hybridized carbons (Fsp3) is 1.00. The summed E-state index contributed by atoms with van der Waals surface area (Å²) in [5, 5.41) is 0. The van der Waals surface area contributed by atoms with Crippen molar-refractivity contribution in [1.29, 1.82) is 0 Å². The number of hydrogen-bond donors (Lipinski definition) is 0. The highest BCUT2D eigenvalue weighted by molar-refractivity contribution is 6.66. The van der Waals surface area contributed by atoms with Crippen molar-refractivity contribution in [2.24, 2.45) is 0 Å². The van der Waals surface area contributed by atoms with Gasteiger partial charge >= 0.3 is 8.56 Å². The highest BCUT2D eigenvalue weighted by Crippen LogP contribution is 2.16. The topological polar surface area (TPSA) is 28.2 Å². The van der Waals surface area contributed by atoms with Gasteiger partial charge in [-0.05, 0) is 118 Å². The molecule has 0 radical (unpaired) electrons. The Morgan fingerprint density at radius 1 is 0.607 bits per heavy atom. The molecule has 0 aromatic rings. The van der Waals surface area contributed by atoms with Crippen LogP contribution in [0.1, 0.15) is 59.8 Å². The Labute approximate surface area is 178 Å². The second-order valence-corrected chi connectivity index (χ2v) is 11.6. The Bertz CT molecular complexity index is 324. The Morgan fingerprint density at radius 2 is 1.04 bits per heavy atom. The first-order chi connectivity index (χ1) is 13.4. The van der Waals surface area contributed by atoms with Crippen LogP contribution >= 0.6 is 0 Å². The lowest BCUT2D eigenvalue weighted by Crippen LogP contribution is -2.40. The summed E-state index contributed by atoms with van der Waals surface area (Å²) in [6.07, 6.45) is 6.17. The van der Waals surface area contributed by atoms with E-state index in [2.05, 4.69) is 63.0 Å². The fourth-order valence-corrected chi connectivity index (χ4v) is 6.27. The van der Waals surface area contributed by atoms with Gasteiger partial charge < -0.3 is 23.6 Å². The largest absolute Gasteiger partial charge is 0.395 e. The van der Waals surface area contributed by atoms with Crippen molar-refractivity contribution in [2.75, 3.05) is 73.1 Å². The van der Waals surface area contributed by atoms with E-state index >= 15 is 0 Å². The molecule has 0 amide bonds. The summed E-state index contributed by atoms with van der Waals surface area (Å²) in [5.41, 5.74) is 0. The van der Waals surface area contributed by atoms with Gasteiger partial charge in [-0.15, -0.1) is 0 Å². The molecule has 0 aliphatic carbocycles. The third kappa shape index (κ3) is 14.9. The first kappa shape index (κ1) is 28.0. The van der Waals surface area contributed by atoms with Crippen LogP contribution < -0.4 is 0 Å². The lowest BCUT2D eigenvalue weighted by Gasteiger charge is -2.28. The average molecular weight is 418 g/mol. The maximum atomic E-state index is 6.02. The van der Waals surface area contributed by atoms with Crippen LogP contribution in [0.4, 0.5) is 0 Å². The normalized spacial score (nSPS) is 12.6. The number of rotatable bonds is 20. The van der Waals surface area contributed by atoms with Crippen molar-refractivity contribution in [3.63, 3.8) is 0 Å². The lowest BCUT2D eigenvalue weighted by atomic mass is 10.2. The number of hydrogen-bond acceptors (Lipinski definition) is 5. The van der Waals surface area contributed by atoms with Crippen LogP contribution in [0.25, 0.3) is 0 Å². The zero-order chi connectivity index (χ0) is 21.3. The second-order valence-electron chi connectivity index (χ2n) is 8.26. The molecular formula is C22H51N3O2Si. The van der Waals surface area contributed by atoms with Gasteiger partial charge in [0, 0.05) is 13.2 Å². The molecule has 0 aliphatic rings. The highest BCUT2D eigenvalue weighted by atomic mass is 28.4. The monoisotopic (exact) mass is 417 g/mol. The first-order valence-corrected chi connectivity index (χ1v) is 14.3. The molecular weight excluding hydrogens is 366 g/mol. The van der Waals surface area contributed by atoms with Crippen LogP contribution in [0.15, 0.2) is 0 Å². The van der Waals surface area contributed by atoms with Gasteiger partial charge in [0.15, 0.2) is 0 Å². The van der Waals surface area contributed by atoms with Gasteiger partial charge in [0.1, 0.15) is 0 Å². The molecule has 0 spiro atoms. The van der Waals surface area contributed by atoms with Crippen LogP contribution in [-0.4, -0.2) is 96.4 Å². The number of nitrogens with zero attached hydrogens (tertiary/aromatic N) is 3. The summed E-state index contributed by atoms with van der Waals surface area (Å²) in [4.78, 5) is 7.59. The molecule has 0 aliphatic heterocycles.